The molecule has 4 heteroatoms. The fourth-order valence-electron chi connectivity index (χ4n) is 2.38. The fraction of sp³-hybridized carbons (Fsp3) is 0.222. The van der Waals surface area contributed by atoms with Crippen LogP contribution >= 0.6 is 27.5 Å². The van der Waals surface area contributed by atoms with Gasteiger partial charge < -0.3 is 9.47 Å². The summed E-state index contributed by atoms with van der Waals surface area (Å²) in [6, 6.07) is 14.1. The summed E-state index contributed by atoms with van der Waals surface area (Å²) in [5.41, 5.74) is 3.43. The lowest BCUT2D eigenvalue weighted by atomic mass is 10.1. The zero-order valence-corrected chi connectivity index (χ0v) is 14.3. The van der Waals surface area contributed by atoms with Crippen LogP contribution in [0.5, 0.6) is 0 Å². The number of hydrogen-bond donors (Lipinski definition) is 0. The molecule has 2 aromatic rings. The van der Waals surface area contributed by atoms with Gasteiger partial charge in [0.05, 0.1) is 13.2 Å². The monoisotopic (exact) mass is 378 g/mol. The number of benzene rings is 2. The second-order valence-electron chi connectivity index (χ2n) is 5.09. The minimum absolute atomic E-state index is 0.214. The molecule has 114 valence electrons. The molecular weight excluding hydrogens is 364 g/mol. The van der Waals surface area contributed by atoms with Gasteiger partial charge in [-0.15, -0.1) is 0 Å². The zero-order chi connectivity index (χ0) is 15.4. The van der Waals surface area contributed by atoms with Gasteiger partial charge in [0, 0.05) is 15.1 Å². The summed E-state index contributed by atoms with van der Waals surface area (Å²) in [6.07, 6.45) is 4.88. The van der Waals surface area contributed by atoms with Crippen LogP contribution < -0.4 is 0 Å². The summed E-state index contributed by atoms with van der Waals surface area (Å²) in [5, 5.41) is 0.730. The Morgan fingerprint density at radius 3 is 2.73 bits per heavy atom. The van der Waals surface area contributed by atoms with Crippen molar-refractivity contribution < 1.29 is 9.47 Å². The van der Waals surface area contributed by atoms with Crippen molar-refractivity contribution in [1.82, 2.24) is 0 Å². The van der Waals surface area contributed by atoms with Crippen molar-refractivity contribution >= 4 is 33.6 Å². The smallest absolute Gasteiger partial charge is 0.184 e. The summed E-state index contributed by atoms with van der Waals surface area (Å²) in [4.78, 5) is 0. The highest BCUT2D eigenvalue weighted by molar-refractivity contribution is 9.10. The van der Waals surface area contributed by atoms with Crippen molar-refractivity contribution in [2.45, 2.75) is 12.7 Å². The van der Waals surface area contributed by atoms with Crippen LogP contribution in [0.25, 0.3) is 6.08 Å². The number of ether oxygens (including phenoxy) is 2. The average Bonchev–Trinajstić information content (AvgIpc) is 3.04. The molecule has 0 amide bonds. The van der Waals surface area contributed by atoms with E-state index < -0.39 is 0 Å². The van der Waals surface area contributed by atoms with E-state index in [2.05, 4.69) is 40.2 Å². The maximum Gasteiger partial charge on any atom is 0.184 e. The van der Waals surface area contributed by atoms with Crippen molar-refractivity contribution in [3.63, 3.8) is 0 Å². The number of rotatable bonds is 4. The maximum atomic E-state index is 5.95. The topological polar surface area (TPSA) is 18.5 Å². The molecule has 0 spiro atoms. The van der Waals surface area contributed by atoms with E-state index in [1.807, 2.05) is 30.3 Å². The molecule has 3 rings (SSSR count). The van der Waals surface area contributed by atoms with E-state index >= 15 is 0 Å². The van der Waals surface area contributed by atoms with Gasteiger partial charge in [-0.25, -0.2) is 0 Å². The number of allylic oxidation sites excluding steroid dienone is 1. The molecule has 0 bridgehead atoms. The van der Waals surface area contributed by atoms with Crippen LogP contribution in [-0.2, 0) is 15.9 Å². The van der Waals surface area contributed by atoms with E-state index in [-0.39, 0.29) is 6.29 Å². The van der Waals surface area contributed by atoms with Gasteiger partial charge in [-0.05, 0) is 29.7 Å². The molecule has 1 saturated heterocycles. The third kappa shape index (κ3) is 3.99. The van der Waals surface area contributed by atoms with E-state index in [9.17, 15) is 0 Å². The molecule has 1 fully saturated rings. The fourth-order valence-corrected chi connectivity index (χ4v) is 3.19. The molecule has 0 saturated carbocycles. The van der Waals surface area contributed by atoms with Crippen molar-refractivity contribution in [1.29, 1.82) is 0 Å². The molecule has 1 aliphatic heterocycles. The van der Waals surface area contributed by atoms with Crippen LogP contribution in [0.3, 0.4) is 0 Å². The lowest BCUT2D eigenvalue weighted by Crippen LogP contribution is -1.98. The quantitative estimate of drug-likeness (QED) is 0.707. The van der Waals surface area contributed by atoms with Gasteiger partial charge in [0.2, 0.25) is 0 Å². The van der Waals surface area contributed by atoms with Crippen LogP contribution in [0.4, 0.5) is 0 Å². The molecule has 1 aliphatic rings. The summed E-state index contributed by atoms with van der Waals surface area (Å²) < 4.78 is 12.1. The van der Waals surface area contributed by atoms with Gasteiger partial charge in [0.15, 0.2) is 6.29 Å². The Morgan fingerprint density at radius 2 is 1.95 bits per heavy atom. The molecule has 0 atom stereocenters. The lowest BCUT2D eigenvalue weighted by molar-refractivity contribution is -0.0441. The van der Waals surface area contributed by atoms with E-state index in [0.29, 0.717) is 13.2 Å². The normalized spacial score (nSPS) is 15.7. The third-order valence-corrected chi connectivity index (χ3v) is 4.38. The average molecular weight is 380 g/mol. The summed E-state index contributed by atoms with van der Waals surface area (Å²) in [6.45, 7) is 1.33. The molecule has 0 N–H and O–H groups in total. The highest BCUT2D eigenvalue weighted by Crippen LogP contribution is 2.25. The molecule has 0 radical (unpaired) electrons. The molecule has 0 aliphatic carbocycles. The number of halogens is 2. The Labute approximate surface area is 143 Å². The van der Waals surface area contributed by atoms with Gasteiger partial charge in [0.25, 0.3) is 0 Å². The highest BCUT2D eigenvalue weighted by atomic mass is 79.9. The minimum atomic E-state index is -0.214. The van der Waals surface area contributed by atoms with Crippen LogP contribution in [0.2, 0.25) is 5.02 Å². The van der Waals surface area contributed by atoms with Crippen LogP contribution in [0.1, 0.15) is 23.0 Å². The van der Waals surface area contributed by atoms with Gasteiger partial charge >= 0.3 is 0 Å². The predicted molar refractivity (Wildman–Crippen MR) is 93.0 cm³/mol. The van der Waals surface area contributed by atoms with Crippen LogP contribution in [0.15, 0.2) is 53.0 Å². The van der Waals surface area contributed by atoms with E-state index in [1.165, 1.54) is 5.56 Å². The summed E-state index contributed by atoms with van der Waals surface area (Å²) in [5.74, 6) is 0. The Kier molecular flexibility index (Phi) is 5.32. The van der Waals surface area contributed by atoms with E-state index in [1.54, 1.807) is 0 Å². The van der Waals surface area contributed by atoms with Gasteiger partial charge in [0.1, 0.15) is 0 Å². The zero-order valence-electron chi connectivity index (χ0n) is 12.0. The first-order chi connectivity index (χ1) is 10.7. The first-order valence-corrected chi connectivity index (χ1v) is 8.33. The van der Waals surface area contributed by atoms with Crippen molar-refractivity contribution in [3.05, 3.63) is 74.7 Å². The summed E-state index contributed by atoms with van der Waals surface area (Å²) >= 11 is 9.47. The molecular formula is C18H16BrClO2. The number of hydrogen-bond acceptors (Lipinski definition) is 2. The Hall–Kier alpha value is -1.13. The Balaban J connectivity index is 1.68. The van der Waals surface area contributed by atoms with E-state index in [4.69, 9.17) is 21.1 Å². The van der Waals surface area contributed by atoms with Crippen molar-refractivity contribution in [2.24, 2.45) is 0 Å². The largest absolute Gasteiger partial charge is 0.346 e. The minimum Gasteiger partial charge on any atom is -0.346 e. The van der Waals surface area contributed by atoms with Crippen LogP contribution in [0, 0.1) is 0 Å². The van der Waals surface area contributed by atoms with Gasteiger partial charge in [-0.3, -0.25) is 0 Å². The lowest BCUT2D eigenvalue weighted by Gasteiger charge is -2.10. The maximum absolute atomic E-state index is 5.95. The summed E-state index contributed by atoms with van der Waals surface area (Å²) in [7, 11) is 0. The Bertz CT molecular complexity index is 679. The molecule has 0 aromatic heterocycles. The first-order valence-electron chi connectivity index (χ1n) is 7.16. The second-order valence-corrected chi connectivity index (χ2v) is 6.38. The molecule has 0 unspecified atom stereocenters. The SMILES string of the molecule is Clc1ccc(/C=C\Cc2cccc(C3OCCO3)c2)c(Br)c1. The van der Waals surface area contributed by atoms with Gasteiger partial charge in [-0.2, -0.15) is 0 Å². The second kappa shape index (κ2) is 7.42. The van der Waals surface area contributed by atoms with Crippen LogP contribution in [-0.4, -0.2) is 13.2 Å². The molecule has 1 heterocycles. The third-order valence-electron chi connectivity index (χ3n) is 3.46. The molecule has 22 heavy (non-hydrogen) atoms. The van der Waals surface area contributed by atoms with Gasteiger partial charge in [-0.1, -0.05) is 70.0 Å². The predicted octanol–water partition coefficient (Wildman–Crippen LogP) is 5.40. The first kappa shape index (κ1) is 15.8. The van der Waals surface area contributed by atoms with Crippen molar-refractivity contribution in [3.8, 4) is 0 Å². The van der Waals surface area contributed by atoms with Crippen molar-refractivity contribution in [2.75, 3.05) is 13.2 Å². The van der Waals surface area contributed by atoms with E-state index in [0.717, 1.165) is 27.0 Å². The highest BCUT2D eigenvalue weighted by Gasteiger charge is 2.17. The Morgan fingerprint density at radius 1 is 1.14 bits per heavy atom. The molecule has 2 aromatic carbocycles. The standard InChI is InChI=1S/C18H16BrClO2/c19-17-12-16(20)8-7-14(17)5-1-3-13-4-2-6-15(11-13)18-21-9-10-22-18/h1-2,4-8,11-12,18H,3,9-10H2/b5-1-. The molecule has 2 nitrogen and oxygen atoms in total.